The van der Waals surface area contributed by atoms with Crippen LogP contribution in [0.15, 0.2) is 59.9 Å². The van der Waals surface area contributed by atoms with Gasteiger partial charge in [-0.3, -0.25) is 19.8 Å². The van der Waals surface area contributed by atoms with Crippen LogP contribution in [0, 0.1) is 27.4 Å². The molecule has 0 radical (unpaired) electrons. The van der Waals surface area contributed by atoms with Crippen LogP contribution in [0.3, 0.4) is 0 Å². The highest BCUT2D eigenvalue weighted by molar-refractivity contribution is 7.90. The van der Waals surface area contributed by atoms with Crippen molar-refractivity contribution in [3.63, 3.8) is 0 Å². The number of nitro groups is 1. The molecule has 2 amide bonds. The summed E-state index contributed by atoms with van der Waals surface area (Å²) in [6.07, 6.45) is 12.5. The molecular formula is C41H51N9O8S. The normalized spacial score (nSPS) is 21.2. The number of pyridine rings is 2. The van der Waals surface area contributed by atoms with Crippen LogP contribution < -0.4 is 19.7 Å². The van der Waals surface area contributed by atoms with Crippen LogP contribution in [0.5, 0.6) is 11.5 Å². The van der Waals surface area contributed by atoms with E-state index in [1.165, 1.54) is 19.4 Å². The summed E-state index contributed by atoms with van der Waals surface area (Å²) >= 11 is 0. The number of hydrogen-bond donors (Lipinski definition) is 3. The van der Waals surface area contributed by atoms with Crippen LogP contribution in [-0.4, -0.2) is 109 Å². The van der Waals surface area contributed by atoms with E-state index in [-0.39, 0.29) is 28.6 Å². The molecule has 4 aliphatic rings. The fourth-order valence-corrected chi connectivity index (χ4v) is 10.1. The molecule has 1 aromatic carbocycles. The van der Waals surface area contributed by atoms with Gasteiger partial charge < -0.3 is 29.6 Å². The van der Waals surface area contributed by atoms with E-state index in [2.05, 4.69) is 41.7 Å². The second-order valence-electron chi connectivity index (χ2n) is 16.6. The summed E-state index contributed by atoms with van der Waals surface area (Å²) in [5.74, 6) is 0.490. The second-order valence-corrected chi connectivity index (χ2v) is 18.3. The Labute approximate surface area is 343 Å². The number of hydrogen-bond acceptors (Lipinski definition) is 13. The molecule has 2 aliphatic heterocycles. The summed E-state index contributed by atoms with van der Waals surface area (Å²) in [6.45, 7) is 7.35. The van der Waals surface area contributed by atoms with Crippen molar-refractivity contribution >= 4 is 50.2 Å². The van der Waals surface area contributed by atoms with Crippen molar-refractivity contribution in [3.8, 4) is 11.5 Å². The number of sulfonamides is 1. The van der Waals surface area contributed by atoms with Gasteiger partial charge in [0.05, 0.1) is 30.0 Å². The minimum atomic E-state index is -4.60. The number of piperidine rings is 1. The van der Waals surface area contributed by atoms with Crippen LogP contribution in [-0.2, 0) is 14.8 Å². The van der Waals surface area contributed by atoms with Gasteiger partial charge in [0.1, 0.15) is 22.0 Å². The molecule has 0 bridgehead atoms. The number of fused-ring (bicyclic) bond motifs is 1. The first kappa shape index (κ1) is 40.3. The SMILES string of the molecule is COC(=O)N1CCN(C2CC3(CCN(c4ccc(C(=O)NS(=O)(=O)c5cnc(NCC6CCC(C)CC6)c([N+](=O)[O-])c5)c(Oc5cnc6[nH]ccc6c5)c4)CC3)C2)CC1. The Hall–Kier alpha value is -5.49. The summed E-state index contributed by atoms with van der Waals surface area (Å²) in [5.41, 5.74) is 1.21. The molecule has 59 heavy (non-hydrogen) atoms. The Morgan fingerprint density at radius 2 is 1.73 bits per heavy atom. The molecule has 3 N–H and O–H groups in total. The number of piperazine rings is 1. The monoisotopic (exact) mass is 829 g/mol. The Morgan fingerprint density at radius 3 is 2.44 bits per heavy atom. The van der Waals surface area contributed by atoms with Crippen molar-refractivity contribution in [2.24, 2.45) is 17.3 Å². The van der Waals surface area contributed by atoms with Crippen molar-refractivity contribution in [3.05, 3.63) is 70.7 Å². The minimum absolute atomic E-state index is 0.0190. The number of benzene rings is 1. The standard InChI is InChI=1S/C41H51N9O8S/c1-27-3-5-28(6-4-27)24-43-38-35(50(53)54)21-33(26-45-38)59(55,56)46-39(51)34-8-7-30(20-36(34)58-32-19-29-9-12-42-37(29)44-25-32)47-13-10-41(11-14-47)22-31(23-41)48-15-17-49(18-16-48)40(52)57-2/h7-9,12,19-21,25-28,31H,3-6,10-11,13-18,22-24H2,1-2H3,(H,42,44)(H,43,45)(H,46,51). The number of aromatic amines is 1. The first-order valence-corrected chi connectivity index (χ1v) is 21.9. The molecule has 5 heterocycles. The zero-order valence-electron chi connectivity index (χ0n) is 33.4. The van der Waals surface area contributed by atoms with Crippen molar-refractivity contribution in [1.29, 1.82) is 0 Å². The highest BCUT2D eigenvalue weighted by Gasteiger charge is 2.48. The molecule has 2 aliphatic carbocycles. The van der Waals surface area contributed by atoms with Crippen molar-refractivity contribution in [2.45, 2.75) is 69.2 Å². The summed E-state index contributed by atoms with van der Waals surface area (Å²) in [6, 6.07) is 10.1. The Balaban J connectivity index is 0.960. The maximum atomic E-state index is 13.8. The Bertz CT molecular complexity index is 2310. The summed E-state index contributed by atoms with van der Waals surface area (Å²) in [5, 5.41) is 15.9. The van der Waals surface area contributed by atoms with Crippen molar-refractivity contribution in [2.75, 3.05) is 63.1 Å². The van der Waals surface area contributed by atoms with Gasteiger partial charge in [-0.15, -0.1) is 0 Å². The van der Waals surface area contributed by atoms with Gasteiger partial charge in [0, 0.05) is 81.3 Å². The average Bonchev–Trinajstić information content (AvgIpc) is 3.70. The van der Waals surface area contributed by atoms with E-state index < -0.39 is 31.4 Å². The number of anilines is 2. The van der Waals surface area contributed by atoms with Gasteiger partial charge in [0.15, 0.2) is 0 Å². The molecule has 3 aromatic heterocycles. The van der Waals surface area contributed by atoms with Gasteiger partial charge in [-0.05, 0) is 80.0 Å². The molecule has 2 saturated heterocycles. The number of nitrogens with one attached hydrogen (secondary N) is 3. The first-order chi connectivity index (χ1) is 28.4. The summed E-state index contributed by atoms with van der Waals surface area (Å²) < 4.78 is 40.5. The van der Waals surface area contributed by atoms with E-state index in [4.69, 9.17) is 9.47 Å². The largest absolute Gasteiger partial charge is 0.455 e. The van der Waals surface area contributed by atoms with Gasteiger partial charge in [-0.1, -0.05) is 19.8 Å². The third-order valence-electron chi connectivity index (χ3n) is 12.9. The van der Waals surface area contributed by atoms with E-state index >= 15 is 0 Å². The smallest absolute Gasteiger partial charge is 0.409 e. The molecular weight excluding hydrogens is 779 g/mol. The summed E-state index contributed by atoms with van der Waals surface area (Å²) in [7, 11) is -3.18. The van der Waals surface area contributed by atoms with Gasteiger partial charge in [-0.25, -0.2) is 27.9 Å². The minimum Gasteiger partial charge on any atom is -0.455 e. The molecule has 0 atom stereocenters. The number of methoxy groups -OCH3 is 1. The van der Waals surface area contributed by atoms with Crippen LogP contribution in [0.1, 0.15) is 68.6 Å². The lowest BCUT2D eigenvalue weighted by Crippen LogP contribution is -2.59. The topological polar surface area (TPSA) is 205 Å². The maximum Gasteiger partial charge on any atom is 0.409 e. The van der Waals surface area contributed by atoms with Crippen LogP contribution in [0.2, 0.25) is 0 Å². The van der Waals surface area contributed by atoms with Crippen LogP contribution in [0.4, 0.5) is 22.0 Å². The van der Waals surface area contributed by atoms with E-state index in [0.29, 0.717) is 48.9 Å². The third kappa shape index (κ3) is 8.78. The lowest BCUT2D eigenvalue weighted by atomic mass is 9.60. The van der Waals surface area contributed by atoms with Crippen molar-refractivity contribution < 1.29 is 32.4 Å². The third-order valence-corrected chi connectivity index (χ3v) is 14.2. The number of rotatable bonds is 11. The molecule has 17 nitrogen and oxygen atoms in total. The number of ether oxygens (including phenoxy) is 2. The molecule has 8 rings (SSSR count). The predicted octanol–water partition coefficient (Wildman–Crippen LogP) is 6.15. The lowest BCUT2D eigenvalue weighted by molar-refractivity contribution is -0.384. The number of aromatic nitrogens is 3. The van der Waals surface area contributed by atoms with Crippen LogP contribution in [0.25, 0.3) is 11.0 Å². The molecule has 4 aromatic rings. The first-order valence-electron chi connectivity index (χ1n) is 20.4. The van der Waals surface area contributed by atoms with Gasteiger partial charge in [0.2, 0.25) is 5.82 Å². The molecule has 1 spiro atoms. The number of amides is 2. The lowest BCUT2D eigenvalue weighted by Gasteiger charge is -2.56. The van der Waals surface area contributed by atoms with Gasteiger partial charge in [0.25, 0.3) is 15.9 Å². The highest BCUT2D eigenvalue weighted by atomic mass is 32.2. The van der Waals surface area contributed by atoms with E-state index in [0.717, 1.165) is 101 Å². The van der Waals surface area contributed by atoms with Gasteiger partial charge in [-0.2, -0.15) is 0 Å². The second kappa shape index (κ2) is 16.6. The molecule has 314 valence electrons. The number of nitrogens with zero attached hydrogens (tertiary/aromatic N) is 6. The van der Waals surface area contributed by atoms with E-state index in [1.54, 1.807) is 29.3 Å². The molecule has 0 unspecified atom stereocenters. The Morgan fingerprint density at radius 1 is 0.983 bits per heavy atom. The van der Waals surface area contributed by atoms with Crippen molar-refractivity contribution in [1.82, 2.24) is 29.5 Å². The molecule has 4 fully saturated rings. The van der Waals surface area contributed by atoms with E-state index in [1.807, 2.05) is 6.07 Å². The summed E-state index contributed by atoms with van der Waals surface area (Å²) in [4.78, 5) is 54.7. The number of H-pyrrole nitrogens is 1. The molecule has 18 heteroatoms. The average molecular weight is 830 g/mol. The number of carbonyl (C=O) groups excluding carboxylic acids is 2. The fourth-order valence-electron chi connectivity index (χ4n) is 9.19. The zero-order valence-corrected chi connectivity index (χ0v) is 34.2. The number of carbonyl (C=O) groups is 2. The zero-order chi connectivity index (χ0) is 41.3. The highest BCUT2D eigenvalue weighted by Crippen LogP contribution is 2.51. The fraction of sp³-hybridized carbons (Fsp3) is 0.512. The Kier molecular flexibility index (Phi) is 11.4. The quantitative estimate of drug-likeness (QED) is 0.115. The van der Waals surface area contributed by atoms with Gasteiger partial charge >= 0.3 is 11.8 Å². The van der Waals surface area contributed by atoms with Crippen LogP contribution >= 0.6 is 0 Å². The maximum absolute atomic E-state index is 13.8. The van der Waals surface area contributed by atoms with E-state index in [9.17, 15) is 28.1 Å². The predicted molar refractivity (Wildman–Crippen MR) is 220 cm³/mol. The molecule has 2 saturated carbocycles.